The fraction of sp³-hybridized carbons (Fsp3) is 0.280. The van der Waals surface area contributed by atoms with Crippen molar-refractivity contribution in [3.63, 3.8) is 0 Å². The molecule has 1 amide bonds. The summed E-state index contributed by atoms with van der Waals surface area (Å²) in [5.41, 5.74) is 1.28. The second-order valence-corrected chi connectivity index (χ2v) is 9.14. The molecular weight excluding hydrogens is 487 g/mol. The molecule has 1 aliphatic heterocycles. The number of pyridine rings is 1. The zero-order valence-corrected chi connectivity index (χ0v) is 19.5. The maximum Gasteiger partial charge on any atom is 0.437 e. The molecule has 12 heteroatoms. The van der Waals surface area contributed by atoms with Crippen LogP contribution in [0.2, 0.25) is 0 Å². The summed E-state index contributed by atoms with van der Waals surface area (Å²) in [6.07, 6.45) is 1.46. The summed E-state index contributed by atoms with van der Waals surface area (Å²) in [5, 5.41) is 12.5. The molecule has 0 atom stereocenters. The summed E-state index contributed by atoms with van der Waals surface area (Å²) in [6, 6.07) is 8.74. The van der Waals surface area contributed by atoms with Crippen LogP contribution in [0.4, 0.5) is 24.7 Å². The topological polar surface area (TPSA) is 110 Å². The zero-order valence-electron chi connectivity index (χ0n) is 19.5. The zero-order chi connectivity index (χ0) is 25.6. The number of hydrogen-bond acceptors (Lipinski definition) is 7. The largest absolute Gasteiger partial charge is 0.444 e. The first-order chi connectivity index (χ1) is 17.8. The van der Waals surface area contributed by atoms with Crippen molar-refractivity contribution in [3.8, 4) is 17.1 Å². The second kappa shape index (κ2) is 9.04. The molecular formula is C25H22F3N7O2. The fourth-order valence-corrected chi connectivity index (χ4v) is 4.16. The number of amides is 1. The molecule has 6 rings (SSSR count). The number of carbonyl (C=O) groups is 1. The minimum absolute atomic E-state index is 0.153. The van der Waals surface area contributed by atoms with Crippen molar-refractivity contribution < 1.29 is 22.4 Å². The van der Waals surface area contributed by atoms with Gasteiger partial charge in [0.25, 0.3) is 5.91 Å². The number of fused-ring (bicyclic) bond motifs is 1. The molecule has 1 aliphatic carbocycles. The minimum Gasteiger partial charge on any atom is -0.444 e. The first-order valence-corrected chi connectivity index (χ1v) is 11.8. The van der Waals surface area contributed by atoms with Gasteiger partial charge in [0.05, 0.1) is 17.6 Å². The quantitative estimate of drug-likeness (QED) is 0.334. The third-order valence-electron chi connectivity index (χ3n) is 6.33. The van der Waals surface area contributed by atoms with Crippen molar-refractivity contribution >= 4 is 17.4 Å². The third kappa shape index (κ3) is 4.92. The van der Waals surface area contributed by atoms with Crippen molar-refractivity contribution in [3.05, 3.63) is 71.5 Å². The number of alkyl halides is 3. The van der Waals surface area contributed by atoms with E-state index in [2.05, 4.69) is 31.0 Å². The summed E-state index contributed by atoms with van der Waals surface area (Å²) in [7, 11) is 0. The number of hydrogen-bond donors (Lipinski definition) is 3. The van der Waals surface area contributed by atoms with Crippen LogP contribution in [-0.2, 0) is 19.3 Å². The number of aromatic nitrogens is 4. The Hall–Kier alpha value is -4.19. The molecule has 0 saturated heterocycles. The highest BCUT2D eigenvalue weighted by atomic mass is 19.4. The number of anilines is 2. The Labute approximate surface area is 209 Å². The molecule has 1 aromatic carbocycles. The van der Waals surface area contributed by atoms with E-state index >= 15 is 0 Å². The van der Waals surface area contributed by atoms with Crippen LogP contribution >= 0.6 is 0 Å². The molecule has 3 N–H and O–H groups in total. The van der Waals surface area contributed by atoms with Gasteiger partial charge >= 0.3 is 6.18 Å². The smallest absolute Gasteiger partial charge is 0.437 e. The molecule has 4 aromatic rings. The predicted molar refractivity (Wildman–Crippen MR) is 128 cm³/mol. The van der Waals surface area contributed by atoms with E-state index in [-0.39, 0.29) is 11.6 Å². The highest BCUT2D eigenvalue weighted by Gasteiger charge is 2.38. The number of carbonyl (C=O) groups excluding carboxylic acids is 1. The Bertz CT molecular complexity index is 1470. The summed E-state index contributed by atoms with van der Waals surface area (Å²) in [5.74, 6) is 0.617. The van der Waals surface area contributed by atoms with Crippen molar-refractivity contribution in [1.82, 2.24) is 25.1 Å². The van der Waals surface area contributed by atoms with Gasteiger partial charge in [-0.1, -0.05) is 6.07 Å². The molecule has 0 spiro atoms. The molecule has 37 heavy (non-hydrogen) atoms. The highest BCUT2D eigenvalue weighted by molar-refractivity contribution is 6.03. The number of nitrogens with zero attached hydrogens (tertiary/aromatic N) is 4. The van der Waals surface area contributed by atoms with E-state index in [9.17, 15) is 18.0 Å². The van der Waals surface area contributed by atoms with Crippen molar-refractivity contribution in [1.29, 1.82) is 0 Å². The van der Waals surface area contributed by atoms with E-state index in [1.54, 1.807) is 30.5 Å². The van der Waals surface area contributed by atoms with Crippen LogP contribution < -0.4 is 16.0 Å². The molecule has 3 aromatic heterocycles. The van der Waals surface area contributed by atoms with E-state index < -0.39 is 23.5 Å². The number of halogens is 3. The van der Waals surface area contributed by atoms with Crippen LogP contribution in [0.5, 0.6) is 0 Å². The summed E-state index contributed by atoms with van der Waals surface area (Å²) in [6.45, 7) is 2.17. The van der Waals surface area contributed by atoms with E-state index in [1.165, 1.54) is 12.8 Å². The normalized spacial score (nSPS) is 15.0. The molecule has 0 bridgehead atoms. The van der Waals surface area contributed by atoms with Gasteiger partial charge in [0, 0.05) is 31.4 Å². The standard InChI is InChI=1S/C25H22F3N7O2/c26-25(27,28)22-19(12-35(34-22)18-4-3-16-10-29-11-17(16)7-18)32-23(36)20-13-37-24(33-20)15-5-6-30-21(8-15)31-9-14-1-2-14/h3-8,12-14,29H,1-2,9-11H2,(H,30,31)(H,32,36). The van der Waals surface area contributed by atoms with Crippen LogP contribution in [-0.4, -0.2) is 32.2 Å². The Morgan fingerprint density at radius 2 is 2.00 bits per heavy atom. The average molecular weight is 509 g/mol. The maximum atomic E-state index is 13.7. The van der Waals surface area contributed by atoms with Gasteiger partial charge in [-0.05, 0) is 54.2 Å². The first kappa shape index (κ1) is 23.2. The van der Waals surface area contributed by atoms with Crippen LogP contribution in [0.25, 0.3) is 17.1 Å². The molecule has 190 valence electrons. The van der Waals surface area contributed by atoms with Gasteiger partial charge in [0.1, 0.15) is 12.1 Å². The second-order valence-electron chi connectivity index (χ2n) is 9.14. The number of rotatable bonds is 7. The van der Waals surface area contributed by atoms with E-state index in [4.69, 9.17) is 4.42 Å². The third-order valence-corrected chi connectivity index (χ3v) is 6.33. The maximum absolute atomic E-state index is 13.7. The summed E-state index contributed by atoms with van der Waals surface area (Å²) < 4.78 is 47.8. The van der Waals surface area contributed by atoms with Crippen LogP contribution in [0, 0.1) is 5.92 Å². The lowest BCUT2D eigenvalue weighted by Crippen LogP contribution is -2.16. The Morgan fingerprint density at radius 3 is 2.81 bits per heavy atom. The van der Waals surface area contributed by atoms with Gasteiger partial charge in [0.2, 0.25) is 5.89 Å². The van der Waals surface area contributed by atoms with Gasteiger partial charge in [-0.25, -0.2) is 14.6 Å². The van der Waals surface area contributed by atoms with Gasteiger partial charge in [-0.15, -0.1) is 0 Å². The monoisotopic (exact) mass is 509 g/mol. The molecule has 0 unspecified atom stereocenters. The lowest BCUT2D eigenvalue weighted by atomic mass is 10.1. The average Bonchev–Trinajstić information content (AvgIpc) is 3.26. The molecule has 1 saturated carbocycles. The fourth-order valence-electron chi connectivity index (χ4n) is 4.16. The van der Waals surface area contributed by atoms with Crippen LogP contribution in [0.15, 0.2) is 53.4 Å². The van der Waals surface area contributed by atoms with E-state index in [0.29, 0.717) is 36.1 Å². The van der Waals surface area contributed by atoms with E-state index in [1.807, 2.05) is 6.07 Å². The number of benzene rings is 1. The lowest BCUT2D eigenvalue weighted by molar-refractivity contribution is -0.140. The molecule has 4 heterocycles. The Morgan fingerprint density at radius 1 is 1.16 bits per heavy atom. The predicted octanol–water partition coefficient (Wildman–Crippen LogP) is 4.62. The molecule has 0 radical (unpaired) electrons. The lowest BCUT2D eigenvalue weighted by Gasteiger charge is -2.06. The molecule has 1 fully saturated rings. The Kier molecular flexibility index (Phi) is 5.67. The molecule has 2 aliphatic rings. The Balaban J connectivity index is 1.22. The van der Waals surface area contributed by atoms with Gasteiger partial charge < -0.3 is 20.4 Å². The summed E-state index contributed by atoms with van der Waals surface area (Å²) >= 11 is 0. The minimum atomic E-state index is -4.78. The van der Waals surface area contributed by atoms with Crippen LogP contribution in [0.1, 0.15) is 40.2 Å². The van der Waals surface area contributed by atoms with Gasteiger partial charge in [0.15, 0.2) is 11.4 Å². The number of nitrogens with one attached hydrogen (secondary N) is 3. The summed E-state index contributed by atoms with van der Waals surface area (Å²) in [4.78, 5) is 21.3. The highest BCUT2D eigenvalue weighted by Crippen LogP contribution is 2.35. The van der Waals surface area contributed by atoms with Crippen molar-refractivity contribution in [2.45, 2.75) is 32.1 Å². The molecule has 9 nitrogen and oxygen atoms in total. The van der Waals surface area contributed by atoms with Gasteiger partial charge in [-0.3, -0.25) is 4.79 Å². The number of oxazole rings is 1. The van der Waals surface area contributed by atoms with Crippen molar-refractivity contribution in [2.24, 2.45) is 5.92 Å². The SMILES string of the molecule is O=C(Nc1cn(-c2ccc3c(c2)CNC3)nc1C(F)(F)F)c1coc(-c2ccnc(NCC3CC3)c2)n1. The van der Waals surface area contributed by atoms with E-state index in [0.717, 1.165) is 34.8 Å². The van der Waals surface area contributed by atoms with Crippen LogP contribution in [0.3, 0.4) is 0 Å². The first-order valence-electron chi connectivity index (χ1n) is 11.8. The van der Waals surface area contributed by atoms with Crippen molar-refractivity contribution in [2.75, 3.05) is 17.2 Å². The van der Waals surface area contributed by atoms with Gasteiger partial charge in [-0.2, -0.15) is 18.3 Å².